The van der Waals surface area contributed by atoms with E-state index in [-0.39, 0.29) is 0 Å². The Labute approximate surface area is 91.5 Å². The van der Waals surface area contributed by atoms with Gasteiger partial charge in [0.25, 0.3) is 0 Å². The zero-order chi connectivity index (χ0) is 11.0. The molecule has 0 amide bonds. The van der Waals surface area contributed by atoms with Crippen molar-refractivity contribution in [2.45, 2.75) is 52.5 Å². The second-order valence-corrected chi connectivity index (χ2v) is 4.84. The topological polar surface area (TPSA) is 29.3 Å². The minimum Gasteiger partial charge on any atom is -0.443 e. The molecule has 0 aliphatic carbocycles. The van der Waals surface area contributed by atoms with E-state index < -0.39 is 0 Å². The molecule has 1 aromatic heterocycles. The molecule has 0 N–H and O–H groups in total. The summed E-state index contributed by atoms with van der Waals surface area (Å²) in [5.41, 5.74) is 0. The highest BCUT2D eigenvalue weighted by atomic mass is 16.4. The number of aryl methyl sites for hydroxylation is 1. The van der Waals surface area contributed by atoms with Crippen molar-refractivity contribution in [3.8, 4) is 0 Å². The molecule has 0 saturated heterocycles. The maximum atomic E-state index is 5.80. The molecule has 0 aromatic carbocycles. The van der Waals surface area contributed by atoms with Crippen LogP contribution in [0, 0.1) is 0 Å². The Balaban J connectivity index is 2.34. The van der Waals surface area contributed by atoms with Gasteiger partial charge < -0.3 is 9.32 Å². The van der Waals surface area contributed by atoms with E-state index in [4.69, 9.17) is 4.42 Å². The lowest BCUT2D eigenvalue weighted by atomic mass is 10.1. The number of anilines is 1. The van der Waals surface area contributed by atoms with Crippen LogP contribution in [0.3, 0.4) is 0 Å². The van der Waals surface area contributed by atoms with Gasteiger partial charge in [-0.1, -0.05) is 13.8 Å². The fourth-order valence-electron chi connectivity index (χ4n) is 2.01. The molecule has 2 rings (SSSR count). The van der Waals surface area contributed by atoms with Crippen LogP contribution in [0.25, 0.3) is 0 Å². The van der Waals surface area contributed by atoms with Gasteiger partial charge in [0.15, 0.2) is 11.7 Å². The molecule has 0 spiro atoms. The Bertz CT molecular complexity index is 341. The Morgan fingerprint density at radius 1 is 1.27 bits per heavy atom. The molecule has 1 aromatic rings. The lowest BCUT2D eigenvalue weighted by Crippen LogP contribution is -2.35. The molecule has 2 heterocycles. The minimum atomic E-state index is 0.379. The molecule has 3 heteroatoms. The maximum Gasteiger partial charge on any atom is 0.199 e. The molecule has 84 valence electrons. The number of aromatic nitrogens is 1. The van der Waals surface area contributed by atoms with Crippen molar-refractivity contribution in [3.05, 3.63) is 11.7 Å². The van der Waals surface area contributed by atoms with Gasteiger partial charge in [-0.2, -0.15) is 4.98 Å². The smallest absolute Gasteiger partial charge is 0.199 e. The van der Waals surface area contributed by atoms with Crippen LogP contribution < -0.4 is 4.90 Å². The fourth-order valence-corrected chi connectivity index (χ4v) is 2.01. The summed E-state index contributed by atoms with van der Waals surface area (Å²) in [6.45, 7) is 9.76. The van der Waals surface area contributed by atoms with Crippen LogP contribution in [0.2, 0.25) is 0 Å². The number of hydrogen-bond donors (Lipinski definition) is 0. The largest absolute Gasteiger partial charge is 0.443 e. The first-order valence-electron chi connectivity index (χ1n) is 5.86. The first kappa shape index (κ1) is 10.5. The van der Waals surface area contributed by atoms with E-state index in [9.17, 15) is 0 Å². The van der Waals surface area contributed by atoms with E-state index in [0.29, 0.717) is 12.0 Å². The van der Waals surface area contributed by atoms with Crippen LogP contribution in [-0.2, 0) is 6.42 Å². The summed E-state index contributed by atoms with van der Waals surface area (Å²) in [6.07, 6.45) is 2.22. The standard InChI is InChI=1S/C12H20N2O/c1-8(2)12-13-11-10(15-12)6-5-7-14(11)9(3)4/h8-9H,5-7H2,1-4H3. The molecule has 0 bridgehead atoms. The third-order valence-corrected chi connectivity index (χ3v) is 2.89. The predicted molar refractivity (Wildman–Crippen MR) is 61.4 cm³/mol. The Morgan fingerprint density at radius 2 is 2.00 bits per heavy atom. The van der Waals surface area contributed by atoms with Crippen LogP contribution in [0.4, 0.5) is 5.82 Å². The van der Waals surface area contributed by atoms with Gasteiger partial charge in [-0.05, 0) is 20.3 Å². The second-order valence-electron chi connectivity index (χ2n) is 4.84. The number of oxazole rings is 1. The van der Waals surface area contributed by atoms with Gasteiger partial charge in [0.05, 0.1) is 0 Å². The van der Waals surface area contributed by atoms with Crippen molar-refractivity contribution in [3.63, 3.8) is 0 Å². The summed E-state index contributed by atoms with van der Waals surface area (Å²) in [4.78, 5) is 6.95. The third kappa shape index (κ3) is 1.87. The summed E-state index contributed by atoms with van der Waals surface area (Å²) in [5.74, 6) is 3.43. The van der Waals surface area contributed by atoms with Crippen molar-refractivity contribution in [2.75, 3.05) is 11.4 Å². The van der Waals surface area contributed by atoms with Crippen molar-refractivity contribution >= 4 is 5.82 Å². The van der Waals surface area contributed by atoms with Crippen LogP contribution >= 0.6 is 0 Å². The monoisotopic (exact) mass is 208 g/mol. The molecule has 15 heavy (non-hydrogen) atoms. The minimum absolute atomic E-state index is 0.379. The number of nitrogens with zero attached hydrogens (tertiary/aromatic N) is 2. The van der Waals surface area contributed by atoms with Crippen LogP contribution in [-0.4, -0.2) is 17.6 Å². The highest BCUT2D eigenvalue weighted by Crippen LogP contribution is 2.30. The molecule has 0 radical (unpaired) electrons. The Kier molecular flexibility index (Phi) is 2.72. The third-order valence-electron chi connectivity index (χ3n) is 2.89. The fraction of sp³-hybridized carbons (Fsp3) is 0.750. The van der Waals surface area contributed by atoms with Gasteiger partial charge in [-0.25, -0.2) is 0 Å². The van der Waals surface area contributed by atoms with Gasteiger partial charge in [-0.15, -0.1) is 0 Å². The van der Waals surface area contributed by atoms with Gasteiger partial charge in [0.1, 0.15) is 5.76 Å². The van der Waals surface area contributed by atoms with Gasteiger partial charge in [0, 0.05) is 24.9 Å². The SMILES string of the molecule is CC(C)c1nc2c(o1)CCCN2C(C)C. The first-order valence-corrected chi connectivity index (χ1v) is 5.86. The first-order chi connectivity index (χ1) is 7.09. The zero-order valence-corrected chi connectivity index (χ0v) is 10.1. The predicted octanol–water partition coefficient (Wildman–Crippen LogP) is 2.96. The summed E-state index contributed by atoms with van der Waals surface area (Å²) in [7, 11) is 0. The van der Waals surface area contributed by atoms with E-state index in [2.05, 4.69) is 37.6 Å². The molecule has 3 nitrogen and oxygen atoms in total. The highest BCUT2D eigenvalue weighted by Gasteiger charge is 2.25. The average molecular weight is 208 g/mol. The van der Waals surface area contributed by atoms with E-state index in [1.807, 2.05) is 0 Å². The molecule has 0 saturated carbocycles. The van der Waals surface area contributed by atoms with E-state index in [1.165, 1.54) is 6.42 Å². The lowest BCUT2D eigenvalue weighted by molar-refractivity contribution is 0.426. The molecule has 1 aliphatic heterocycles. The average Bonchev–Trinajstić information content (AvgIpc) is 2.60. The van der Waals surface area contributed by atoms with Crippen LogP contribution in [0.1, 0.15) is 51.7 Å². The van der Waals surface area contributed by atoms with Crippen molar-refractivity contribution < 1.29 is 4.42 Å². The molecule has 0 atom stereocenters. The molecule has 0 unspecified atom stereocenters. The number of fused-ring (bicyclic) bond motifs is 1. The number of rotatable bonds is 2. The second kappa shape index (κ2) is 3.87. The van der Waals surface area contributed by atoms with Gasteiger partial charge in [-0.3, -0.25) is 0 Å². The Hall–Kier alpha value is -0.990. The summed E-state index contributed by atoms with van der Waals surface area (Å²) in [6, 6.07) is 0.508. The van der Waals surface area contributed by atoms with Crippen LogP contribution in [0.5, 0.6) is 0 Å². The summed E-state index contributed by atoms with van der Waals surface area (Å²) >= 11 is 0. The highest BCUT2D eigenvalue weighted by molar-refractivity contribution is 5.46. The molecular weight excluding hydrogens is 188 g/mol. The summed E-state index contributed by atoms with van der Waals surface area (Å²) < 4.78 is 5.80. The van der Waals surface area contributed by atoms with E-state index in [1.54, 1.807) is 0 Å². The van der Waals surface area contributed by atoms with Crippen LogP contribution in [0.15, 0.2) is 4.42 Å². The van der Waals surface area contributed by atoms with E-state index >= 15 is 0 Å². The van der Waals surface area contributed by atoms with Gasteiger partial charge >= 0.3 is 0 Å². The Morgan fingerprint density at radius 3 is 2.60 bits per heavy atom. The zero-order valence-electron chi connectivity index (χ0n) is 10.1. The lowest BCUT2D eigenvalue weighted by Gasteiger charge is -2.30. The van der Waals surface area contributed by atoms with E-state index in [0.717, 1.165) is 30.4 Å². The maximum absolute atomic E-state index is 5.80. The van der Waals surface area contributed by atoms with Crippen molar-refractivity contribution in [2.24, 2.45) is 0 Å². The number of hydrogen-bond acceptors (Lipinski definition) is 3. The quantitative estimate of drug-likeness (QED) is 0.748. The van der Waals surface area contributed by atoms with Crippen molar-refractivity contribution in [1.29, 1.82) is 0 Å². The van der Waals surface area contributed by atoms with Crippen molar-refractivity contribution in [1.82, 2.24) is 4.98 Å². The molecule has 0 fully saturated rings. The summed E-state index contributed by atoms with van der Waals surface area (Å²) in [5, 5.41) is 0. The molecular formula is C12H20N2O. The molecule has 1 aliphatic rings. The van der Waals surface area contributed by atoms with Gasteiger partial charge in [0.2, 0.25) is 0 Å². The normalized spacial score (nSPS) is 16.3.